The molecule has 5 rings (SSSR count). The molecule has 0 unspecified atom stereocenters. The molecule has 1 aromatic carbocycles. The second-order valence-electron chi connectivity index (χ2n) is 8.03. The van der Waals surface area contributed by atoms with Crippen molar-refractivity contribution in [2.45, 2.75) is 6.10 Å². The fourth-order valence-electron chi connectivity index (χ4n) is 3.81. The highest BCUT2D eigenvalue weighted by atomic mass is 127. The zero-order valence-corrected chi connectivity index (χ0v) is 20.5. The molecule has 0 saturated carbocycles. The predicted molar refractivity (Wildman–Crippen MR) is 137 cm³/mol. The van der Waals surface area contributed by atoms with E-state index in [0.717, 1.165) is 43.2 Å². The molecule has 2 aliphatic heterocycles. The first kappa shape index (κ1) is 22.7. The Morgan fingerprint density at radius 1 is 1.15 bits per heavy atom. The van der Waals surface area contributed by atoms with E-state index in [9.17, 15) is 4.79 Å². The summed E-state index contributed by atoms with van der Waals surface area (Å²) in [6, 6.07) is 9.46. The average molecular weight is 573 g/mol. The Hall–Kier alpha value is -3.03. The van der Waals surface area contributed by atoms with Gasteiger partial charge in [-0.1, -0.05) is 0 Å². The smallest absolute Gasteiger partial charge is 0.278 e. The van der Waals surface area contributed by atoms with Crippen molar-refractivity contribution < 1.29 is 14.3 Å². The Kier molecular flexibility index (Phi) is 6.74. The van der Waals surface area contributed by atoms with Crippen molar-refractivity contribution in [2.75, 3.05) is 55.3 Å². The number of nitrogens with one attached hydrogen (secondary N) is 1. The number of nitrogens with two attached hydrogens (primary N) is 1. The third-order valence-corrected chi connectivity index (χ3v) is 6.46. The lowest BCUT2D eigenvalue weighted by Crippen LogP contribution is -2.48. The second kappa shape index (κ2) is 10.1. The van der Waals surface area contributed by atoms with Crippen LogP contribution in [0.25, 0.3) is 11.3 Å². The summed E-state index contributed by atoms with van der Waals surface area (Å²) in [5.41, 5.74) is 8.90. The number of carbonyl (C=O) groups is 1. The van der Waals surface area contributed by atoms with Crippen molar-refractivity contribution in [2.24, 2.45) is 0 Å². The van der Waals surface area contributed by atoms with E-state index in [1.165, 1.54) is 0 Å². The molecular weight excluding hydrogens is 549 g/mol. The van der Waals surface area contributed by atoms with Crippen molar-refractivity contribution in [3.8, 4) is 17.0 Å². The summed E-state index contributed by atoms with van der Waals surface area (Å²) in [5, 5.41) is 2.90. The van der Waals surface area contributed by atoms with E-state index in [-0.39, 0.29) is 17.6 Å². The molecule has 34 heavy (non-hydrogen) atoms. The SMILES string of the molecule is Nc1ncc(-c2ccc(OC3CN(I)C3)cc2)nc1C(=O)Nc1cnccc1N1CCOCC1. The van der Waals surface area contributed by atoms with E-state index in [1.807, 2.05) is 30.3 Å². The third-order valence-electron chi connectivity index (χ3n) is 5.67. The van der Waals surface area contributed by atoms with Crippen molar-refractivity contribution in [1.29, 1.82) is 0 Å². The van der Waals surface area contributed by atoms with E-state index in [1.54, 1.807) is 18.6 Å². The molecule has 0 radical (unpaired) electrons. The van der Waals surface area contributed by atoms with Gasteiger partial charge in [-0.2, -0.15) is 0 Å². The average Bonchev–Trinajstić information content (AvgIpc) is 2.85. The highest BCUT2D eigenvalue weighted by Gasteiger charge is 2.26. The first-order valence-electron chi connectivity index (χ1n) is 11.0. The Balaban J connectivity index is 1.33. The molecule has 2 saturated heterocycles. The highest BCUT2D eigenvalue weighted by molar-refractivity contribution is 14.1. The van der Waals surface area contributed by atoms with Crippen LogP contribution in [0.2, 0.25) is 0 Å². The van der Waals surface area contributed by atoms with Gasteiger partial charge in [-0.3, -0.25) is 9.78 Å². The number of rotatable bonds is 6. The first-order valence-corrected chi connectivity index (χ1v) is 11.9. The summed E-state index contributed by atoms with van der Waals surface area (Å²) in [6.07, 6.45) is 5.09. The lowest BCUT2D eigenvalue weighted by molar-refractivity contribution is 0.0949. The lowest BCUT2D eigenvalue weighted by Gasteiger charge is -2.34. The van der Waals surface area contributed by atoms with Gasteiger partial charge in [0.2, 0.25) is 0 Å². The number of morpholine rings is 1. The quantitative estimate of drug-likeness (QED) is 0.339. The van der Waals surface area contributed by atoms with E-state index in [0.29, 0.717) is 24.6 Å². The van der Waals surface area contributed by atoms with Gasteiger partial charge in [0.05, 0.1) is 42.7 Å². The van der Waals surface area contributed by atoms with Crippen LogP contribution in [0.1, 0.15) is 10.5 Å². The number of aromatic nitrogens is 3. The normalized spacial score (nSPS) is 16.7. The van der Waals surface area contributed by atoms with Crippen LogP contribution < -0.4 is 20.7 Å². The molecule has 1 amide bonds. The van der Waals surface area contributed by atoms with Gasteiger partial charge in [-0.25, -0.2) is 13.1 Å². The van der Waals surface area contributed by atoms with Crippen LogP contribution in [0.5, 0.6) is 5.75 Å². The summed E-state index contributed by atoms with van der Waals surface area (Å²) in [5.74, 6) is 0.417. The van der Waals surface area contributed by atoms with E-state index < -0.39 is 5.91 Å². The fraction of sp³-hybridized carbons (Fsp3) is 0.304. The van der Waals surface area contributed by atoms with Crippen LogP contribution in [0.3, 0.4) is 0 Å². The number of amides is 1. The summed E-state index contributed by atoms with van der Waals surface area (Å²) in [6.45, 7) is 4.57. The van der Waals surface area contributed by atoms with Crippen molar-refractivity contribution in [3.63, 3.8) is 0 Å². The zero-order valence-electron chi connectivity index (χ0n) is 18.4. The second-order valence-corrected chi connectivity index (χ2v) is 9.39. The van der Waals surface area contributed by atoms with E-state index in [2.05, 4.69) is 51.1 Å². The van der Waals surface area contributed by atoms with Crippen molar-refractivity contribution in [1.82, 2.24) is 18.1 Å². The minimum absolute atomic E-state index is 0.0613. The molecule has 0 aliphatic carbocycles. The van der Waals surface area contributed by atoms with E-state index in [4.69, 9.17) is 15.2 Å². The Labute approximate surface area is 211 Å². The maximum Gasteiger partial charge on any atom is 0.278 e. The molecule has 0 bridgehead atoms. The summed E-state index contributed by atoms with van der Waals surface area (Å²) in [4.78, 5) is 28.1. The molecule has 0 atom stereocenters. The third kappa shape index (κ3) is 5.05. The summed E-state index contributed by atoms with van der Waals surface area (Å²) in [7, 11) is 0. The molecule has 10 nitrogen and oxygen atoms in total. The molecule has 4 heterocycles. The molecule has 176 valence electrons. The minimum atomic E-state index is -0.442. The van der Waals surface area contributed by atoms with Crippen LogP contribution in [-0.2, 0) is 4.74 Å². The first-order chi connectivity index (χ1) is 16.6. The number of hydrogen-bond donors (Lipinski definition) is 2. The summed E-state index contributed by atoms with van der Waals surface area (Å²) >= 11 is 2.28. The Bertz CT molecular complexity index is 1170. The number of carbonyl (C=O) groups excluding carboxylic acids is 1. The monoisotopic (exact) mass is 573 g/mol. The van der Waals surface area contributed by atoms with Gasteiger partial charge in [0.15, 0.2) is 11.5 Å². The largest absolute Gasteiger partial charge is 0.488 e. The van der Waals surface area contributed by atoms with Crippen LogP contribution in [0.4, 0.5) is 17.2 Å². The number of pyridine rings is 1. The maximum absolute atomic E-state index is 13.1. The van der Waals surface area contributed by atoms with Crippen LogP contribution in [-0.4, -0.2) is 69.5 Å². The number of nitrogens with zero attached hydrogens (tertiary/aromatic N) is 5. The number of benzene rings is 1. The molecular formula is C23H24IN7O3. The lowest BCUT2D eigenvalue weighted by atomic mass is 10.1. The van der Waals surface area contributed by atoms with Crippen molar-refractivity contribution >= 4 is 46.0 Å². The fourth-order valence-corrected chi connectivity index (χ4v) is 4.69. The molecule has 3 N–H and O–H groups in total. The molecule has 2 aromatic heterocycles. The molecule has 2 fully saturated rings. The number of anilines is 3. The van der Waals surface area contributed by atoms with Gasteiger partial charge in [0.25, 0.3) is 5.91 Å². The molecule has 11 heteroatoms. The highest BCUT2D eigenvalue weighted by Crippen LogP contribution is 2.27. The molecule has 3 aromatic rings. The van der Waals surface area contributed by atoms with Gasteiger partial charge in [-0.15, -0.1) is 0 Å². The zero-order chi connectivity index (χ0) is 23.5. The Morgan fingerprint density at radius 2 is 1.91 bits per heavy atom. The van der Waals surface area contributed by atoms with Crippen LogP contribution >= 0.6 is 22.9 Å². The maximum atomic E-state index is 13.1. The molecule has 2 aliphatic rings. The van der Waals surface area contributed by atoms with Crippen LogP contribution in [0, 0.1) is 0 Å². The topological polar surface area (TPSA) is 119 Å². The number of hydrogen-bond acceptors (Lipinski definition) is 9. The number of halogens is 1. The van der Waals surface area contributed by atoms with Crippen molar-refractivity contribution in [3.05, 3.63) is 54.6 Å². The van der Waals surface area contributed by atoms with Gasteiger partial charge in [0.1, 0.15) is 11.9 Å². The standard InChI is InChI=1S/C23H24IN7O3/c24-31-13-17(14-31)34-16-3-1-15(2-4-16)18-12-27-22(25)21(28-18)23(32)29-19-11-26-6-5-20(19)30-7-9-33-10-8-30/h1-6,11-12,17H,7-10,13-14H2,(H2,25,27)(H,29,32). The van der Waals surface area contributed by atoms with Gasteiger partial charge in [-0.05, 0) is 30.3 Å². The minimum Gasteiger partial charge on any atom is -0.488 e. The predicted octanol–water partition coefficient (Wildman–Crippen LogP) is 2.62. The van der Waals surface area contributed by atoms with Gasteiger partial charge < -0.3 is 25.4 Å². The number of nitrogen functional groups attached to an aromatic ring is 1. The van der Waals surface area contributed by atoms with Crippen LogP contribution in [0.15, 0.2) is 48.9 Å². The van der Waals surface area contributed by atoms with E-state index >= 15 is 0 Å². The van der Waals surface area contributed by atoms with Gasteiger partial charge >= 0.3 is 0 Å². The number of ether oxygens (including phenoxy) is 2. The van der Waals surface area contributed by atoms with Gasteiger partial charge in [0, 0.05) is 60.8 Å². The molecule has 0 spiro atoms. The summed E-state index contributed by atoms with van der Waals surface area (Å²) < 4.78 is 13.5. The Morgan fingerprint density at radius 3 is 2.65 bits per heavy atom.